The number of rotatable bonds is 6. The lowest BCUT2D eigenvalue weighted by Crippen LogP contribution is -2.59. The molecule has 0 aromatic heterocycles. The molecule has 44 heavy (non-hydrogen) atoms. The summed E-state index contributed by atoms with van der Waals surface area (Å²) < 4.78 is 33.3. The maximum Gasteiger partial charge on any atom is 0.311 e. The highest BCUT2D eigenvalue weighted by atomic mass is 16.8. The number of aliphatic hydroxyl groups excluding tert-OH is 2. The van der Waals surface area contributed by atoms with E-state index in [0.29, 0.717) is 25.7 Å². The first-order valence-corrected chi connectivity index (χ1v) is 16.3. The Bertz CT molecular complexity index is 1210. The molecule has 2 N–H and O–H groups in total. The van der Waals surface area contributed by atoms with Gasteiger partial charge in [-0.3, -0.25) is 4.79 Å². The third-order valence-corrected chi connectivity index (χ3v) is 10.6. The minimum Gasteiger partial charge on any atom is -0.459 e. The van der Waals surface area contributed by atoms with Crippen LogP contribution in [0.4, 0.5) is 0 Å². The van der Waals surface area contributed by atoms with Gasteiger partial charge in [0, 0.05) is 17.9 Å². The normalized spacial score (nSPS) is 46.3. The molecule has 9 heteroatoms. The van der Waals surface area contributed by atoms with Gasteiger partial charge in [0.25, 0.3) is 0 Å². The van der Waals surface area contributed by atoms with Crippen LogP contribution in [0, 0.1) is 17.8 Å². The standard InChI is InChI=1S/C35H53NO8/c1-10-27-33(6)19-25(17-24-14-12-11-13-15-24)35(43-33)20(2)18-34(7,44-35)30(22(4)28(37)23(5)31(39)41-27)42-32-29(38)26(36(8)9)16-21(3)40-32/h11-15,19-23,26-30,32,37-38H,10,16-18H2,1-9H3/t20?,21?,22?,23?,26?,27?,28?,29-,30-,32?,33?,34+,35?/m1/s1. The summed E-state index contributed by atoms with van der Waals surface area (Å²) in [6, 6.07) is 10.0. The highest BCUT2D eigenvalue weighted by Crippen LogP contribution is 2.57. The molecule has 0 saturated carbocycles. The van der Waals surface area contributed by atoms with Crippen LogP contribution < -0.4 is 0 Å². The van der Waals surface area contributed by atoms with Gasteiger partial charge < -0.3 is 38.8 Å². The fraction of sp³-hybridized carbons (Fsp3) is 0.743. The molecule has 4 aliphatic rings. The number of hydrogen-bond acceptors (Lipinski definition) is 9. The zero-order valence-corrected chi connectivity index (χ0v) is 27.9. The highest BCUT2D eigenvalue weighted by Gasteiger charge is 2.65. The molecule has 3 fully saturated rings. The van der Waals surface area contributed by atoms with E-state index in [2.05, 4.69) is 25.1 Å². The first kappa shape index (κ1) is 33.5. The molecule has 1 aromatic rings. The number of cyclic esters (lactones) is 1. The van der Waals surface area contributed by atoms with Crippen molar-refractivity contribution in [2.75, 3.05) is 14.1 Å². The maximum atomic E-state index is 13.6. The van der Waals surface area contributed by atoms with Gasteiger partial charge in [0.2, 0.25) is 0 Å². The number of esters is 1. The van der Waals surface area contributed by atoms with Gasteiger partial charge >= 0.3 is 5.97 Å². The van der Waals surface area contributed by atoms with Crippen molar-refractivity contribution in [3.63, 3.8) is 0 Å². The summed E-state index contributed by atoms with van der Waals surface area (Å²) in [6.45, 7) is 13.6. The molecule has 3 saturated heterocycles. The molecule has 4 heterocycles. The molecular weight excluding hydrogens is 562 g/mol. The van der Waals surface area contributed by atoms with Gasteiger partial charge in [0.05, 0.1) is 29.8 Å². The number of carbonyl (C=O) groups excluding carboxylic acids is 1. The number of hydrogen-bond donors (Lipinski definition) is 2. The number of carbonyl (C=O) groups is 1. The minimum absolute atomic E-state index is 0.100. The third-order valence-electron chi connectivity index (χ3n) is 10.6. The number of ether oxygens (including phenoxy) is 5. The van der Waals surface area contributed by atoms with Crippen molar-refractivity contribution >= 4 is 5.97 Å². The molecule has 5 rings (SSSR count). The molecular formula is C35H53NO8. The first-order valence-electron chi connectivity index (χ1n) is 16.3. The number of fused-ring (bicyclic) bond motifs is 2. The molecule has 13 atom stereocenters. The molecule has 1 spiro atoms. The Labute approximate surface area is 262 Å². The second-order valence-corrected chi connectivity index (χ2v) is 14.4. The molecule has 9 nitrogen and oxygen atoms in total. The predicted octanol–water partition coefficient (Wildman–Crippen LogP) is 4.24. The topological polar surface area (TPSA) is 107 Å². The van der Waals surface area contributed by atoms with Crippen molar-refractivity contribution in [2.24, 2.45) is 17.8 Å². The quantitative estimate of drug-likeness (QED) is 0.359. The van der Waals surface area contributed by atoms with Gasteiger partial charge in [0.1, 0.15) is 17.8 Å². The van der Waals surface area contributed by atoms with Crippen LogP contribution in [0.2, 0.25) is 0 Å². The Morgan fingerprint density at radius 2 is 1.70 bits per heavy atom. The van der Waals surface area contributed by atoms with E-state index >= 15 is 0 Å². The van der Waals surface area contributed by atoms with Crippen LogP contribution in [-0.2, 0) is 34.9 Å². The van der Waals surface area contributed by atoms with Crippen LogP contribution in [-0.4, -0.2) is 95.0 Å². The van der Waals surface area contributed by atoms with Crippen molar-refractivity contribution < 1.29 is 38.7 Å². The summed E-state index contributed by atoms with van der Waals surface area (Å²) in [4.78, 5) is 15.6. The second kappa shape index (κ2) is 12.4. The molecule has 4 aliphatic heterocycles. The lowest BCUT2D eigenvalue weighted by atomic mass is 9.78. The van der Waals surface area contributed by atoms with Crippen LogP contribution in [0.25, 0.3) is 0 Å². The number of likely N-dealkylation sites (N-methyl/N-ethyl adjacent to an activating group) is 1. The van der Waals surface area contributed by atoms with Crippen molar-refractivity contribution in [1.82, 2.24) is 4.90 Å². The van der Waals surface area contributed by atoms with Gasteiger partial charge in [-0.2, -0.15) is 0 Å². The Morgan fingerprint density at radius 1 is 1.02 bits per heavy atom. The maximum absolute atomic E-state index is 13.6. The monoisotopic (exact) mass is 615 g/mol. The van der Waals surface area contributed by atoms with Crippen molar-refractivity contribution in [2.45, 2.75) is 134 Å². The van der Waals surface area contributed by atoms with Gasteiger partial charge in [-0.25, -0.2) is 0 Å². The first-order chi connectivity index (χ1) is 20.6. The van der Waals surface area contributed by atoms with E-state index in [1.165, 1.54) is 0 Å². The van der Waals surface area contributed by atoms with Gasteiger partial charge in [-0.1, -0.05) is 51.1 Å². The Kier molecular flexibility index (Phi) is 9.44. The van der Waals surface area contributed by atoms with E-state index in [1.807, 2.05) is 71.8 Å². The summed E-state index contributed by atoms with van der Waals surface area (Å²) in [5, 5.41) is 23.1. The molecule has 0 radical (unpaired) electrons. The molecule has 3 bridgehead atoms. The third kappa shape index (κ3) is 5.90. The van der Waals surface area contributed by atoms with Gasteiger partial charge in [0.15, 0.2) is 12.1 Å². The van der Waals surface area contributed by atoms with Crippen LogP contribution in [0.15, 0.2) is 42.0 Å². The van der Waals surface area contributed by atoms with E-state index in [4.69, 9.17) is 23.7 Å². The highest BCUT2D eigenvalue weighted by molar-refractivity contribution is 5.73. The fourth-order valence-electron chi connectivity index (χ4n) is 8.18. The Morgan fingerprint density at radius 3 is 2.34 bits per heavy atom. The van der Waals surface area contributed by atoms with Crippen LogP contribution in [0.1, 0.15) is 73.3 Å². The summed E-state index contributed by atoms with van der Waals surface area (Å²) in [5.41, 5.74) is 0.198. The largest absolute Gasteiger partial charge is 0.459 e. The average molecular weight is 616 g/mol. The summed E-state index contributed by atoms with van der Waals surface area (Å²) in [5.74, 6) is -3.11. The van der Waals surface area contributed by atoms with Crippen molar-refractivity contribution in [3.8, 4) is 0 Å². The van der Waals surface area contributed by atoms with Crippen LogP contribution in [0.3, 0.4) is 0 Å². The lowest BCUT2D eigenvalue weighted by Gasteiger charge is -2.47. The summed E-state index contributed by atoms with van der Waals surface area (Å²) >= 11 is 0. The van der Waals surface area contributed by atoms with Gasteiger partial charge in [-0.15, -0.1) is 0 Å². The van der Waals surface area contributed by atoms with E-state index < -0.39 is 65.5 Å². The summed E-state index contributed by atoms with van der Waals surface area (Å²) in [6.07, 6.45) is 0.0117. The van der Waals surface area contributed by atoms with Crippen LogP contribution in [0.5, 0.6) is 0 Å². The summed E-state index contributed by atoms with van der Waals surface area (Å²) in [7, 11) is 3.87. The predicted molar refractivity (Wildman–Crippen MR) is 166 cm³/mol. The molecule has 10 unspecified atom stereocenters. The van der Waals surface area contributed by atoms with E-state index in [0.717, 1.165) is 11.1 Å². The van der Waals surface area contributed by atoms with Crippen molar-refractivity contribution in [1.29, 1.82) is 0 Å². The number of benzene rings is 1. The average Bonchev–Trinajstić information content (AvgIpc) is 3.41. The number of nitrogens with zero attached hydrogens (tertiary/aromatic N) is 1. The number of aliphatic hydroxyl groups is 2. The van der Waals surface area contributed by atoms with E-state index in [9.17, 15) is 15.0 Å². The zero-order valence-electron chi connectivity index (χ0n) is 27.9. The fourth-order valence-corrected chi connectivity index (χ4v) is 8.18. The zero-order chi connectivity index (χ0) is 32.2. The second-order valence-electron chi connectivity index (χ2n) is 14.4. The smallest absolute Gasteiger partial charge is 0.311 e. The minimum atomic E-state index is -1.11. The van der Waals surface area contributed by atoms with Gasteiger partial charge in [-0.05, 0) is 84.7 Å². The van der Waals surface area contributed by atoms with Crippen molar-refractivity contribution in [3.05, 3.63) is 47.5 Å². The SMILES string of the molecule is CCC1OC(=O)C(C)C(O)C(C)[C@@H](OC2OC(C)CC(N(C)C)[C@H]2O)[C@]2(C)CC(C)C3(OC1(C)C=C3Cc1ccccc1)O2. The molecule has 0 aliphatic carbocycles. The molecule has 246 valence electrons. The van der Waals surface area contributed by atoms with Crippen LogP contribution >= 0.6 is 0 Å². The lowest BCUT2D eigenvalue weighted by molar-refractivity contribution is -0.328. The van der Waals surface area contributed by atoms with E-state index in [1.54, 1.807) is 6.92 Å². The Balaban J connectivity index is 1.60. The molecule has 1 aromatic carbocycles. The van der Waals surface area contributed by atoms with E-state index in [-0.39, 0.29) is 18.1 Å². The molecule has 0 amide bonds. The Hall–Kier alpha value is -1.85.